The van der Waals surface area contributed by atoms with Crippen LogP contribution in [0, 0.1) is 5.92 Å². The molecule has 10 nitrogen and oxygen atoms in total. The third-order valence-corrected chi connectivity index (χ3v) is 6.64. The number of carbonyl (C=O) groups is 3. The predicted molar refractivity (Wildman–Crippen MR) is 143 cm³/mol. The van der Waals surface area contributed by atoms with E-state index >= 15 is 0 Å². The van der Waals surface area contributed by atoms with Crippen LogP contribution in [0.25, 0.3) is 0 Å². The first-order chi connectivity index (χ1) is 18.2. The molecule has 1 aliphatic heterocycles. The first-order valence-electron chi connectivity index (χ1n) is 12.5. The van der Waals surface area contributed by atoms with Gasteiger partial charge in [0.1, 0.15) is 24.7 Å². The molecule has 1 aliphatic rings. The summed E-state index contributed by atoms with van der Waals surface area (Å²) in [7, 11) is 6.33. The standard InChI is InChI=1S/C28H37N3O7/c1-18-14-31(26(32)17-35-4)19(2)16-38-24-12-9-21(13-23(24)28(34)30(3)15-25(18)37-6)29-27(33)20-7-10-22(36-5)11-8-20/h7-13,18-19,25H,14-17H2,1-6H3,(H,29,33)/t18-,19-,25+/m1/s1. The zero-order valence-electron chi connectivity index (χ0n) is 22.9. The Morgan fingerprint density at radius 1 is 1.05 bits per heavy atom. The van der Waals surface area contributed by atoms with Crippen molar-refractivity contribution in [3.8, 4) is 11.5 Å². The molecule has 1 heterocycles. The number of hydrogen-bond acceptors (Lipinski definition) is 7. The molecular formula is C28H37N3O7. The number of benzene rings is 2. The van der Waals surface area contributed by atoms with Crippen LogP contribution in [-0.2, 0) is 14.3 Å². The number of nitrogens with zero attached hydrogens (tertiary/aromatic N) is 2. The van der Waals surface area contributed by atoms with Gasteiger partial charge in [0.05, 0.1) is 24.8 Å². The highest BCUT2D eigenvalue weighted by Crippen LogP contribution is 2.27. The van der Waals surface area contributed by atoms with E-state index in [1.54, 1.807) is 73.5 Å². The summed E-state index contributed by atoms with van der Waals surface area (Å²) >= 11 is 0. The van der Waals surface area contributed by atoms with Gasteiger partial charge in [-0.3, -0.25) is 14.4 Å². The number of nitrogens with one attached hydrogen (secondary N) is 1. The summed E-state index contributed by atoms with van der Waals surface area (Å²) in [5, 5.41) is 2.84. The van der Waals surface area contributed by atoms with Crippen molar-refractivity contribution in [2.45, 2.75) is 26.0 Å². The molecule has 0 aliphatic carbocycles. The van der Waals surface area contributed by atoms with Crippen molar-refractivity contribution in [2.75, 3.05) is 60.0 Å². The van der Waals surface area contributed by atoms with Gasteiger partial charge >= 0.3 is 0 Å². The fraction of sp³-hybridized carbons (Fsp3) is 0.464. The van der Waals surface area contributed by atoms with Crippen molar-refractivity contribution in [2.24, 2.45) is 5.92 Å². The van der Waals surface area contributed by atoms with Crippen LogP contribution >= 0.6 is 0 Å². The Morgan fingerprint density at radius 2 is 1.76 bits per heavy atom. The number of methoxy groups -OCH3 is 3. The van der Waals surface area contributed by atoms with Gasteiger partial charge in [-0.05, 0) is 49.4 Å². The first kappa shape index (κ1) is 28.9. The van der Waals surface area contributed by atoms with Crippen LogP contribution in [0.3, 0.4) is 0 Å². The lowest BCUT2D eigenvalue weighted by molar-refractivity contribution is -0.139. The van der Waals surface area contributed by atoms with Gasteiger partial charge in [-0.1, -0.05) is 6.92 Å². The van der Waals surface area contributed by atoms with Crippen LogP contribution in [0.5, 0.6) is 11.5 Å². The predicted octanol–water partition coefficient (Wildman–Crippen LogP) is 2.93. The number of hydrogen-bond donors (Lipinski definition) is 1. The summed E-state index contributed by atoms with van der Waals surface area (Å²) < 4.78 is 22.0. The molecule has 0 aromatic heterocycles. The van der Waals surface area contributed by atoms with E-state index in [4.69, 9.17) is 18.9 Å². The van der Waals surface area contributed by atoms with E-state index < -0.39 is 0 Å². The van der Waals surface area contributed by atoms with Crippen molar-refractivity contribution in [1.29, 1.82) is 0 Å². The molecule has 10 heteroatoms. The smallest absolute Gasteiger partial charge is 0.257 e. The molecule has 0 saturated heterocycles. The Balaban J connectivity index is 1.92. The summed E-state index contributed by atoms with van der Waals surface area (Å²) in [6.45, 7) is 4.74. The lowest BCUT2D eigenvalue weighted by Gasteiger charge is -2.36. The fourth-order valence-electron chi connectivity index (χ4n) is 4.35. The molecule has 206 valence electrons. The molecule has 38 heavy (non-hydrogen) atoms. The molecule has 0 saturated carbocycles. The summed E-state index contributed by atoms with van der Waals surface area (Å²) in [6.07, 6.45) is -0.309. The van der Waals surface area contributed by atoms with E-state index in [0.717, 1.165) is 0 Å². The third kappa shape index (κ3) is 7.02. The first-order valence-corrected chi connectivity index (χ1v) is 12.5. The minimum atomic E-state index is -0.323. The van der Waals surface area contributed by atoms with E-state index in [1.807, 2.05) is 13.8 Å². The second kappa shape index (κ2) is 13.3. The lowest BCUT2D eigenvalue weighted by atomic mass is 10.0. The number of fused-ring (bicyclic) bond motifs is 1. The second-order valence-corrected chi connectivity index (χ2v) is 9.47. The average molecular weight is 528 g/mol. The Labute approximate surface area is 223 Å². The molecule has 0 bridgehead atoms. The highest BCUT2D eigenvalue weighted by molar-refractivity contribution is 6.05. The van der Waals surface area contributed by atoms with Gasteiger partial charge in [0.2, 0.25) is 5.91 Å². The van der Waals surface area contributed by atoms with Crippen molar-refractivity contribution >= 4 is 23.4 Å². The lowest BCUT2D eigenvalue weighted by Crippen LogP contribution is -2.49. The topological polar surface area (TPSA) is 107 Å². The van der Waals surface area contributed by atoms with Gasteiger partial charge in [-0.15, -0.1) is 0 Å². The van der Waals surface area contributed by atoms with Gasteiger partial charge in [-0.2, -0.15) is 0 Å². The maximum Gasteiger partial charge on any atom is 0.257 e. The highest BCUT2D eigenvalue weighted by Gasteiger charge is 2.30. The van der Waals surface area contributed by atoms with Crippen LogP contribution in [0.15, 0.2) is 42.5 Å². The maximum atomic E-state index is 13.5. The molecule has 0 fully saturated rings. The second-order valence-electron chi connectivity index (χ2n) is 9.47. The summed E-state index contributed by atoms with van der Waals surface area (Å²) in [6, 6.07) is 11.4. The number of anilines is 1. The molecule has 0 radical (unpaired) electrons. The molecule has 0 spiro atoms. The van der Waals surface area contributed by atoms with Crippen molar-refractivity contribution in [1.82, 2.24) is 9.80 Å². The zero-order chi connectivity index (χ0) is 27.8. The molecule has 1 N–H and O–H groups in total. The van der Waals surface area contributed by atoms with Crippen LogP contribution in [0.4, 0.5) is 5.69 Å². The molecule has 2 aromatic rings. The maximum absolute atomic E-state index is 13.5. The third-order valence-electron chi connectivity index (χ3n) is 6.64. The van der Waals surface area contributed by atoms with E-state index in [-0.39, 0.29) is 49.0 Å². The number of ether oxygens (including phenoxy) is 4. The zero-order valence-corrected chi connectivity index (χ0v) is 22.9. The molecule has 2 aromatic carbocycles. The Hall–Kier alpha value is -3.63. The van der Waals surface area contributed by atoms with Crippen LogP contribution in [-0.4, -0.2) is 94.3 Å². The number of amides is 3. The normalized spacial score (nSPS) is 20.5. The van der Waals surface area contributed by atoms with Crippen molar-refractivity contribution in [3.63, 3.8) is 0 Å². The van der Waals surface area contributed by atoms with Gasteiger partial charge in [0.15, 0.2) is 0 Å². The Morgan fingerprint density at radius 3 is 2.39 bits per heavy atom. The van der Waals surface area contributed by atoms with Crippen molar-refractivity contribution in [3.05, 3.63) is 53.6 Å². The van der Waals surface area contributed by atoms with E-state index in [2.05, 4.69) is 5.32 Å². The van der Waals surface area contributed by atoms with E-state index in [0.29, 0.717) is 41.4 Å². The monoisotopic (exact) mass is 527 g/mol. The number of carbonyl (C=O) groups excluding carboxylic acids is 3. The van der Waals surface area contributed by atoms with E-state index in [1.165, 1.54) is 7.11 Å². The highest BCUT2D eigenvalue weighted by atomic mass is 16.5. The number of rotatable bonds is 6. The van der Waals surface area contributed by atoms with Crippen LogP contribution in [0.1, 0.15) is 34.6 Å². The van der Waals surface area contributed by atoms with Crippen LogP contribution < -0.4 is 14.8 Å². The minimum Gasteiger partial charge on any atom is -0.497 e. The molecule has 3 rings (SSSR count). The van der Waals surface area contributed by atoms with Gasteiger partial charge in [-0.25, -0.2) is 0 Å². The summed E-state index contributed by atoms with van der Waals surface area (Å²) in [5.41, 5.74) is 1.19. The van der Waals surface area contributed by atoms with E-state index in [9.17, 15) is 14.4 Å². The number of likely N-dealkylation sites (N-methyl/N-ethyl adjacent to an activating group) is 1. The van der Waals surface area contributed by atoms with Gasteiger partial charge in [0, 0.05) is 51.5 Å². The summed E-state index contributed by atoms with van der Waals surface area (Å²) in [4.78, 5) is 42.4. The van der Waals surface area contributed by atoms with Gasteiger partial charge < -0.3 is 34.1 Å². The molecule has 3 amide bonds. The van der Waals surface area contributed by atoms with Crippen molar-refractivity contribution < 1.29 is 33.3 Å². The SMILES string of the molecule is COCC(=O)N1C[C@@H](C)[C@@H](OC)CN(C)C(=O)c2cc(NC(=O)c3ccc(OC)cc3)ccc2OC[C@H]1C. The molecular weight excluding hydrogens is 490 g/mol. The quantitative estimate of drug-likeness (QED) is 0.616. The molecule has 0 unspecified atom stereocenters. The Kier molecular flexibility index (Phi) is 10.1. The van der Waals surface area contributed by atoms with Gasteiger partial charge in [0.25, 0.3) is 11.8 Å². The minimum absolute atomic E-state index is 0.0407. The molecule has 3 atom stereocenters. The Bertz CT molecular complexity index is 1120. The van der Waals surface area contributed by atoms with Crippen LogP contribution in [0.2, 0.25) is 0 Å². The average Bonchev–Trinajstić information content (AvgIpc) is 2.92. The summed E-state index contributed by atoms with van der Waals surface area (Å²) in [5.74, 6) is 0.202. The largest absolute Gasteiger partial charge is 0.497 e. The fourth-order valence-corrected chi connectivity index (χ4v) is 4.35.